The SMILES string of the molecule is CN(C)C(=O)C(NC(=O)CNC=O)C1=CC=CCC=C1. The molecule has 1 atom stereocenters. The summed E-state index contributed by atoms with van der Waals surface area (Å²) in [5, 5.41) is 4.89. The Morgan fingerprint density at radius 2 is 2.15 bits per heavy atom. The Hall–Kier alpha value is -2.37. The summed E-state index contributed by atoms with van der Waals surface area (Å²) in [6.07, 6.45) is 10.6. The number of rotatable bonds is 6. The minimum Gasteiger partial charge on any atom is -0.350 e. The van der Waals surface area contributed by atoms with Gasteiger partial charge in [0.2, 0.25) is 18.2 Å². The first kappa shape index (κ1) is 15.7. The predicted octanol–water partition coefficient (Wildman–Crippen LogP) is -0.252. The summed E-state index contributed by atoms with van der Waals surface area (Å²) in [7, 11) is 3.25. The zero-order chi connectivity index (χ0) is 15.0. The molecule has 2 N–H and O–H groups in total. The van der Waals surface area contributed by atoms with Gasteiger partial charge in [0.1, 0.15) is 6.04 Å². The van der Waals surface area contributed by atoms with Crippen molar-refractivity contribution < 1.29 is 14.4 Å². The van der Waals surface area contributed by atoms with Gasteiger partial charge in [0.05, 0.1) is 6.54 Å². The van der Waals surface area contributed by atoms with Crippen LogP contribution in [0.2, 0.25) is 0 Å². The number of nitrogens with zero attached hydrogens (tertiary/aromatic N) is 1. The summed E-state index contributed by atoms with van der Waals surface area (Å²) in [4.78, 5) is 35.5. The molecular weight excluding hydrogens is 258 g/mol. The van der Waals surface area contributed by atoms with Gasteiger partial charge in [-0.25, -0.2) is 0 Å². The van der Waals surface area contributed by atoms with Crippen LogP contribution in [0.25, 0.3) is 0 Å². The molecule has 0 aromatic carbocycles. The van der Waals surface area contributed by atoms with Gasteiger partial charge in [-0.3, -0.25) is 14.4 Å². The molecule has 0 aliphatic heterocycles. The molecule has 1 unspecified atom stereocenters. The highest BCUT2D eigenvalue weighted by molar-refractivity contribution is 5.91. The first-order valence-corrected chi connectivity index (χ1v) is 6.27. The summed E-state index contributed by atoms with van der Waals surface area (Å²) in [6.45, 7) is -0.159. The third-order valence-corrected chi connectivity index (χ3v) is 2.68. The summed E-state index contributed by atoms with van der Waals surface area (Å²) < 4.78 is 0. The van der Waals surface area contributed by atoms with E-state index in [0.29, 0.717) is 12.0 Å². The first-order valence-electron chi connectivity index (χ1n) is 6.27. The van der Waals surface area contributed by atoms with Crippen LogP contribution in [0.4, 0.5) is 0 Å². The fraction of sp³-hybridized carbons (Fsp3) is 0.357. The van der Waals surface area contributed by atoms with Crippen molar-refractivity contribution in [2.24, 2.45) is 0 Å². The van der Waals surface area contributed by atoms with Crippen LogP contribution in [-0.4, -0.2) is 49.8 Å². The lowest BCUT2D eigenvalue weighted by Gasteiger charge is -2.22. The largest absolute Gasteiger partial charge is 0.350 e. The predicted molar refractivity (Wildman–Crippen MR) is 75.7 cm³/mol. The zero-order valence-corrected chi connectivity index (χ0v) is 11.6. The molecule has 3 amide bonds. The average molecular weight is 277 g/mol. The molecule has 0 bridgehead atoms. The summed E-state index contributed by atoms with van der Waals surface area (Å²) in [6, 6.07) is -0.759. The second-order valence-electron chi connectivity index (χ2n) is 4.46. The van der Waals surface area contributed by atoms with Gasteiger partial charge >= 0.3 is 0 Å². The average Bonchev–Trinajstić information content (AvgIpc) is 2.70. The topological polar surface area (TPSA) is 78.5 Å². The molecule has 1 aliphatic rings. The number of carbonyl (C=O) groups excluding carboxylic acids is 3. The van der Waals surface area contributed by atoms with Gasteiger partial charge < -0.3 is 15.5 Å². The van der Waals surface area contributed by atoms with Crippen LogP contribution in [0.3, 0.4) is 0 Å². The van der Waals surface area contributed by atoms with E-state index >= 15 is 0 Å². The van der Waals surface area contributed by atoms with Gasteiger partial charge in [0.15, 0.2) is 0 Å². The Labute approximate surface area is 118 Å². The summed E-state index contributed by atoms with van der Waals surface area (Å²) in [5.74, 6) is -0.643. The van der Waals surface area contributed by atoms with Crippen molar-refractivity contribution in [1.82, 2.24) is 15.5 Å². The van der Waals surface area contributed by atoms with Crippen molar-refractivity contribution in [2.75, 3.05) is 20.6 Å². The van der Waals surface area contributed by atoms with E-state index in [1.807, 2.05) is 24.3 Å². The van der Waals surface area contributed by atoms with E-state index in [-0.39, 0.29) is 12.5 Å². The van der Waals surface area contributed by atoms with E-state index in [1.54, 1.807) is 20.2 Å². The fourth-order valence-corrected chi connectivity index (χ4v) is 1.68. The Bertz CT molecular complexity index is 464. The van der Waals surface area contributed by atoms with Crippen molar-refractivity contribution in [1.29, 1.82) is 0 Å². The normalized spacial score (nSPS) is 14.8. The molecule has 6 heteroatoms. The Kier molecular flexibility index (Phi) is 6.22. The molecule has 0 heterocycles. The lowest BCUT2D eigenvalue weighted by molar-refractivity contribution is -0.133. The number of allylic oxidation sites excluding steroid dienone is 4. The van der Waals surface area contributed by atoms with Gasteiger partial charge in [-0.15, -0.1) is 0 Å². The van der Waals surface area contributed by atoms with E-state index in [2.05, 4.69) is 10.6 Å². The van der Waals surface area contributed by atoms with Crippen LogP contribution in [-0.2, 0) is 14.4 Å². The number of hydrogen-bond acceptors (Lipinski definition) is 3. The Morgan fingerprint density at radius 3 is 2.80 bits per heavy atom. The molecule has 0 saturated carbocycles. The molecule has 0 aromatic heterocycles. The molecule has 6 nitrogen and oxygen atoms in total. The second kappa shape index (κ2) is 7.93. The van der Waals surface area contributed by atoms with Crippen molar-refractivity contribution in [3.8, 4) is 0 Å². The van der Waals surface area contributed by atoms with E-state index in [1.165, 1.54) is 4.90 Å². The molecule has 108 valence electrons. The van der Waals surface area contributed by atoms with Crippen molar-refractivity contribution in [3.05, 3.63) is 36.0 Å². The van der Waals surface area contributed by atoms with Gasteiger partial charge in [-0.05, 0) is 12.0 Å². The lowest BCUT2D eigenvalue weighted by Crippen LogP contribution is -2.49. The van der Waals surface area contributed by atoms with E-state index in [4.69, 9.17) is 0 Å². The number of amides is 3. The van der Waals surface area contributed by atoms with Crippen molar-refractivity contribution >= 4 is 18.2 Å². The molecule has 0 fully saturated rings. The highest BCUT2D eigenvalue weighted by Crippen LogP contribution is 2.11. The summed E-state index contributed by atoms with van der Waals surface area (Å²) >= 11 is 0. The second-order valence-corrected chi connectivity index (χ2v) is 4.46. The third-order valence-electron chi connectivity index (χ3n) is 2.68. The van der Waals surface area contributed by atoms with Gasteiger partial charge in [-0.2, -0.15) is 0 Å². The molecule has 1 rings (SSSR count). The summed E-state index contributed by atoms with van der Waals surface area (Å²) in [5.41, 5.74) is 0.705. The van der Waals surface area contributed by atoms with Crippen LogP contribution < -0.4 is 10.6 Å². The number of likely N-dealkylation sites (N-methyl/N-ethyl adjacent to an activating group) is 1. The highest BCUT2D eigenvalue weighted by atomic mass is 16.2. The molecular formula is C14H19N3O3. The van der Waals surface area contributed by atoms with E-state index in [0.717, 1.165) is 6.42 Å². The zero-order valence-electron chi connectivity index (χ0n) is 11.6. The maximum absolute atomic E-state index is 12.2. The molecule has 0 spiro atoms. The van der Waals surface area contributed by atoms with Gasteiger partial charge in [0, 0.05) is 14.1 Å². The van der Waals surface area contributed by atoms with Gasteiger partial charge in [0.25, 0.3) is 0 Å². The molecule has 20 heavy (non-hydrogen) atoms. The number of hydrogen-bond donors (Lipinski definition) is 2. The molecule has 0 aromatic rings. The van der Waals surface area contributed by atoms with Crippen molar-refractivity contribution in [2.45, 2.75) is 12.5 Å². The maximum atomic E-state index is 12.2. The maximum Gasteiger partial charge on any atom is 0.249 e. The number of carbonyl (C=O) groups is 3. The van der Waals surface area contributed by atoms with Gasteiger partial charge in [-0.1, -0.05) is 30.4 Å². The fourth-order valence-electron chi connectivity index (χ4n) is 1.68. The van der Waals surface area contributed by atoms with E-state index in [9.17, 15) is 14.4 Å². The van der Waals surface area contributed by atoms with Crippen LogP contribution in [0.1, 0.15) is 6.42 Å². The highest BCUT2D eigenvalue weighted by Gasteiger charge is 2.24. The first-order chi connectivity index (χ1) is 9.56. The number of nitrogens with one attached hydrogen (secondary N) is 2. The third kappa shape index (κ3) is 4.72. The minimum absolute atomic E-state index is 0.159. The van der Waals surface area contributed by atoms with Crippen LogP contribution in [0.15, 0.2) is 36.0 Å². The van der Waals surface area contributed by atoms with Crippen LogP contribution in [0, 0.1) is 0 Å². The standard InChI is InChI=1S/C14H19N3O3/c1-17(2)14(20)13(16-12(19)9-15-10-18)11-7-5-3-4-6-8-11/h3,5-8,10,13H,4,9H2,1-2H3,(H,15,18)(H,16,19). The monoisotopic (exact) mass is 277 g/mol. The molecule has 0 saturated heterocycles. The quantitative estimate of drug-likeness (QED) is 0.657. The Balaban J connectivity index is 2.88. The minimum atomic E-state index is -0.759. The van der Waals surface area contributed by atoms with Crippen molar-refractivity contribution in [3.63, 3.8) is 0 Å². The van der Waals surface area contributed by atoms with Crippen LogP contribution in [0.5, 0.6) is 0 Å². The molecule has 1 aliphatic carbocycles. The lowest BCUT2D eigenvalue weighted by atomic mass is 10.0. The molecule has 0 radical (unpaired) electrons. The van der Waals surface area contributed by atoms with E-state index < -0.39 is 11.9 Å². The smallest absolute Gasteiger partial charge is 0.249 e. The Morgan fingerprint density at radius 1 is 1.40 bits per heavy atom. The van der Waals surface area contributed by atoms with Crippen LogP contribution >= 0.6 is 0 Å².